The van der Waals surface area contributed by atoms with E-state index >= 15 is 0 Å². The second-order valence-corrected chi connectivity index (χ2v) is 5.27. The smallest absolute Gasteiger partial charge is 0.321 e. The molecule has 0 spiro atoms. The molecule has 26 heavy (non-hydrogen) atoms. The van der Waals surface area contributed by atoms with Gasteiger partial charge in [0.05, 0.1) is 28.9 Å². The van der Waals surface area contributed by atoms with Gasteiger partial charge in [0.2, 0.25) is 5.95 Å². The molecular formula is C15H11F3N6O2. The van der Waals surface area contributed by atoms with Crippen LogP contribution in [0.5, 0.6) is 0 Å². The monoisotopic (exact) mass is 364 g/mol. The molecule has 2 aromatic heterocycles. The van der Waals surface area contributed by atoms with Crippen LogP contribution in [0.15, 0.2) is 49.1 Å². The third kappa shape index (κ3) is 4.12. The number of nitro groups is 1. The first-order valence-corrected chi connectivity index (χ1v) is 7.23. The van der Waals surface area contributed by atoms with E-state index in [2.05, 4.69) is 20.4 Å². The molecule has 1 N–H and O–H groups in total. The second kappa shape index (κ2) is 6.78. The number of nitro benzene ring substituents is 1. The summed E-state index contributed by atoms with van der Waals surface area (Å²) in [5.41, 5.74) is 0.357. The summed E-state index contributed by atoms with van der Waals surface area (Å²) < 4.78 is 39.0. The van der Waals surface area contributed by atoms with E-state index < -0.39 is 16.7 Å². The van der Waals surface area contributed by atoms with Crippen molar-refractivity contribution in [1.29, 1.82) is 0 Å². The number of anilines is 2. The number of rotatable bonds is 5. The third-order valence-corrected chi connectivity index (χ3v) is 3.36. The highest BCUT2D eigenvalue weighted by Crippen LogP contribution is 2.28. The van der Waals surface area contributed by atoms with Crippen molar-refractivity contribution in [3.8, 4) is 0 Å². The van der Waals surface area contributed by atoms with Crippen LogP contribution >= 0.6 is 0 Å². The number of aromatic nitrogens is 4. The number of benzene rings is 1. The average molecular weight is 364 g/mol. The van der Waals surface area contributed by atoms with Crippen molar-refractivity contribution >= 4 is 17.3 Å². The Morgan fingerprint density at radius 1 is 1.12 bits per heavy atom. The number of alkyl halides is 3. The maximum Gasteiger partial charge on any atom is 0.419 e. The molecule has 0 saturated heterocycles. The highest BCUT2D eigenvalue weighted by Gasteiger charge is 2.31. The van der Waals surface area contributed by atoms with Crippen LogP contribution < -0.4 is 5.32 Å². The molecule has 0 unspecified atom stereocenters. The zero-order valence-electron chi connectivity index (χ0n) is 13.0. The Labute approximate surface area is 144 Å². The van der Waals surface area contributed by atoms with E-state index in [-0.39, 0.29) is 11.6 Å². The van der Waals surface area contributed by atoms with Gasteiger partial charge in [0.1, 0.15) is 0 Å². The van der Waals surface area contributed by atoms with Crippen LogP contribution in [-0.2, 0) is 12.7 Å². The molecule has 0 aliphatic heterocycles. The Morgan fingerprint density at radius 3 is 2.35 bits per heavy atom. The lowest BCUT2D eigenvalue weighted by Crippen LogP contribution is -2.07. The van der Waals surface area contributed by atoms with Crippen LogP contribution in [0, 0.1) is 10.1 Å². The first-order valence-electron chi connectivity index (χ1n) is 7.23. The number of nitrogens with one attached hydrogen (secondary N) is 1. The Morgan fingerprint density at radius 2 is 1.77 bits per heavy atom. The Kier molecular flexibility index (Phi) is 4.52. The predicted molar refractivity (Wildman–Crippen MR) is 84.7 cm³/mol. The van der Waals surface area contributed by atoms with Crippen LogP contribution in [0.1, 0.15) is 11.1 Å². The standard InChI is InChI=1S/C15H11F3N6O2/c16-15(17,18)11-5-19-14(20-6-11)22-12-7-21-23(9-12)8-10-1-3-13(4-2-10)24(25)26/h1-7,9H,8H2,(H,19,20,22). The molecule has 11 heteroatoms. The van der Waals surface area contributed by atoms with Crippen molar-refractivity contribution in [3.63, 3.8) is 0 Å². The zero-order chi connectivity index (χ0) is 18.7. The number of halogens is 3. The molecule has 0 bridgehead atoms. The largest absolute Gasteiger partial charge is 0.419 e. The van der Waals surface area contributed by atoms with E-state index in [0.717, 1.165) is 5.56 Å². The van der Waals surface area contributed by atoms with Gasteiger partial charge >= 0.3 is 6.18 Å². The molecule has 0 aliphatic carbocycles. The summed E-state index contributed by atoms with van der Waals surface area (Å²) in [7, 11) is 0. The molecule has 0 aliphatic rings. The van der Waals surface area contributed by atoms with Crippen LogP contribution in [0.2, 0.25) is 0 Å². The van der Waals surface area contributed by atoms with Gasteiger partial charge < -0.3 is 5.32 Å². The van der Waals surface area contributed by atoms with Gasteiger partial charge in [0.25, 0.3) is 5.69 Å². The van der Waals surface area contributed by atoms with Crippen LogP contribution in [0.4, 0.5) is 30.5 Å². The maximum absolute atomic E-state index is 12.5. The molecular weight excluding hydrogens is 353 g/mol. The average Bonchev–Trinajstić information content (AvgIpc) is 3.02. The Bertz CT molecular complexity index is 906. The molecule has 0 saturated carbocycles. The van der Waals surface area contributed by atoms with Crippen molar-refractivity contribution in [2.24, 2.45) is 0 Å². The van der Waals surface area contributed by atoms with E-state index in [0.29, 0.717) is 24.6 Å². The van der Waals surface area contributed by atoms with Crippen molar-refractivity contribution < 1.29 is 18.1 Å². The lowest BCUT2D eigenvalue weighted by atomic mass is 10.2. The maximum atomic E-state index is 12.5. The highest BCUT2D eigenvalue weighted by molar-refractivity contribution is 5.50. The van der Waals surface area contributed by atoms with Crippen molar-refractivity contribution in [3.05, 3.63) is 70.3 Å². The van der Waals surface area contributed by atoms with E-state index in [9.17, 15) is 23.3 Å². The van der Waals surface area contributed by atoms with Crippen molar-refractivity contribution in [1.82, 2.24) is 19.7 Å². The van der Waals surface area contributed by atoms with Crippen LogP contribution in [0.25, 0.3) is 0 Å². The molecule has 3 rings (SSSR count). The first kappa shape index (κ1) is 17.3. The lowest BCUT2D eigenvalue weighted by Gasteiger charge is -2.06. The van der Waals surface area contributed by atoms with Gasteiger partial charge in [0.15, 0.2) is 0 Å². The second-order valence-electron chi connectivity index (χ2n) is 5.27. The minimum absolute atomic E-state index is 0.00368. The Hall–Kier alpha value is -3.50. The summed E-state index contributed by atoms with van der Waals surface area (Å²) in [6.45, 7) is 0.369. The first-order chi connectivity index (χ1) is 12.3. The van der Waals surface area contributed by atoms with Gasteiger partial charge in [-0.3, -0.25) is 14.8 Å². The molecule has 134 valence electrons. The molecule has 1 aromatic carbocycles. The summed E-state index contributed by atoms with van der Waals surface area (Å²) in [4.78, 5) is 17.4. The van der Waals surface area contributed by atoms with E-state index in [1.54, 1.807) is 23.0 Å². The molecule has 2 heterocycles. The summed E-state index contributed by atoms with van der Waals surface area (Å²) in [5, 5.41) is 17.5. The van der Waals surface area contributed by atoms with Crippen molar-refractivity contribution in [2.45, 2.75) is 12.7 Å². The fraction of sp³-hybridized carbons (Fsp3) is 0.133. The summed E-state index contributed by atoms with van der Waals surface area (Å²) in [6, 6.07) is 6.03. The van der Waals surface area contributed by atoms with Crippen LogP contribution in [-0.4, -0.2) is 24.7 Å². The third-order valence-electron chi connectivity index (χ3n) is 3.36. The highest BCUT2D eigenvalue weighted by atomic mass is 19.4. The number of nitrogens with zero attached hydrogens (tertiary/aromatic N) is 5. The lowest BCUT2D eigenvalue weighted by molar-refractivity contribution is -0.384. The number of non-ortho nitro benzene ring substituents is 1. The van der Waals surface area contributed by atoms with Gasteiger partial charge in [-0.05, 0) is 5.56 Å². The minimum Gasteiger partial charge on any atom is -0.321 e. The van der Waals surface area contributed by atoms with Crippen molar-refractivity contribution in [2.75, 3.05) is 5.32 Å². The van der Waals surface area contributed by atoms with Gasteiger partial charge in [-0.25, -0.2) is 9.97 Å². The fourth-order valence-corrected chi connectivity index (χ4v) is 2.09. The molecule has 3 aromatic rings. The van der Waals surface area contributed by atoms with E-state index in [4.69, 9.17) is 0 Å². The van der Waals surface area contributed by atoms with Gasteiger partial charge in [-0.15, -0.1) is 0 Å². The minimum atomic E-state index is -4.49. The quantitative estimate of drug-likeness (QED) is 0.550. The summed E-state index contributed by atoms with van der Waals surface area (Å²) in [6.07, 6.45) is -0.0315. The molecule has 0 radical (unpaired) electrons. The van der Waals surface area contributed by atoms with Gasteiger partial charge in [0, 0.05) is 30.7 Å². The molecule has 0 atom stereocenters. The molecule has 0 amide bonds. The summed E-state index contributed by atoms with van der Waals surface area (Å²) in [5.74, 6) is 0.00730. The van der Waals surface area contributed by atoms with Crippen LogP contribution in [0.3, 0.4) is 0 Å². The summed E-state index contributed by atoms with van der Waals surface area (Å²) >= 11 is 0. The molecule has 8 nitrogen and oxygen atoms in total. The topological polar surface area (TPSA) is 98.8 Å². The van der Waals surface area contributed by atoms with E-state index in [1.165, 1.54) is 18.3 Å². The van der Waals surface area contributed by atoms with Gasteiger partial charge in [-0.2, -0.15) is 18.3 Å². The number of hydrogen-bond acceptors (Lipinski definition) is 6. The SMILES string of the molecule is O=[N+]([O-])c1ccc(Cn2cc(Nc3ncc(C(F)(F)F)cn3)cn2)cc1. The fourth-order valence-electron chi connectivity index (χ4n) is 2.09. The predicted octanol–water partition coefficient (Wildman–Crippen LogP) is 3.39. The zero-order valence-corrected chi connectivity index (χ0v) is 13.0. The van der Waals surface area contributed by atoms with E-state index in [1.807, 2.05) is 0 Å². The Balaban J connectivity index is 1.65. The normalized spacial score (nSPS) is 11.3. The molecule has 0 fully saturated rings. The number of hydrogen-bond donors (Lipinski definition) is 1. The van der Waals surface area contributed by atoms with Gasteiger partial charge in [-0.1, -0.05) is 12.1 Å².